The quantitative estimate of drug-likeness (QED) is 0.821. The highest BCUT2D eigenvalue weighted by Gasteiger charge is 2.37. The van der Waals surface area contributed by atoms with Gasteiger partial charge in [-0.2, -0.15) is 0 Å². The van der Waals surface area contributed by atoms with E-state index in [1.54, 1.807) is 0 Å². The number of likely N-dealkylation sites (N-methyl/N-ethyl adjacent to an activating group) is 1. The van der Waals surface area contributed by atoms with Gasteiger partial charge in [-0.1, -0.05) is 6.07 Å². The first-order valence-electron chi connectivity index (χ1n) is 6.47. The van der Waals surface area contributed by atoms with Crippen LogP contribution in [0.4, 0.5) is 0 Å². The minimum atomic E-state index is 0.260. The van der Waals surface area contributed by atoms with Crippen LogP contribution in [0.15, 0.2) is 18.3 Å². The summed E-state index contributed by atoms with van der Waals surface area (Å²) in [5.41, 5.74) is 2.28. The summed E-state index contributed by atoms with van der Waals surface area (Å²) in [6.45, 7) is 4.85. The first-order chi connectivity index (χ1) is 8.26. The van der Waals surface area contributed by atoms with Crippen LogP contribution in [0.2, 0.25) is 0 Å². The molecule has 0 bridgehead atoms. The van der Waals surface area contributed by atoms with Gasteiger partial charge in [-0.05, 0) is 51.3 Å². The second kappa shape index (κ2) is 5.61. The van der Waals surface area contributed by atoms with E-state index in [0.717, 1.165) is 12.3 Å². The monoisotopic (exact) mass is 234 g/mol. The number of ether oxygens (including phenoxy) is 1. The molecule has 3 nitrogen and oxygen atoms in total. The van der Waals surface area contributed by atoms with Crippen LogP contribution in [0.1, 0.15) is 37.1 Å². The van der Waals surface area contributed by atoms with E-state index in [4.69, 9.17) is 4.74 Å². The Morgan fingerprint density at radius 2 is 2.24 bits per heavy atom. The van der Waals surface area contributed by atoms with Crippen LogP contribution in [0, 0.1) is 12.8 Å². The van der Waals surface area contributed by atoms with Crippen LogP contribution in [-0.2, 0) is 4.74 Å². The molecule has 1 aliphatic carbocycles. The highest BCUT2D eigenvalue weighted by Crippen LogP contribution is 2.39. The number of rotatable bonds is 6. The third-order valence-corrected chi connectivity index (χ3v) is 3.38. The van der Waals surface area contributed by atoms with Gasteiger partial charge in [-0.15, -0.1) is 0 Å². The van der Waals surface area contributed by atoms with Crippen molar-refractivity contribution in [2.45, 2.75) is 38.8 Å². The Kier molecular flexibility index (Phi) is 4.13. The highest BCUT2D eigenvalue weighted by atomic mass is 16.5. The Morgan fingerprint density at radius 1 is 1.47 bits per heavy atom. The molecule has 1 fully saturated rings. The standard InChI is InChI=1S/C14H22N2O/c1-4-17-14(11-7-8-11)13(15-3)12-6-5-10(2)16-9-12/h5-6,9,11,13-15H,4,7-8H2,1-3H3. The fourth-order valence-corrected chi connectivity index (χ4v) is 2.31. The average Bonchev–Trinajstić information content (AvgIpc) is 3.15. The van der Waals surface area contributed by atoms with Gasteiger partial charge >= 0.3 is 0 Å². The van der Waals surface area contributed by atoms with E-state index in [1.807, 2.05) is 20.2 Å². The normalized spacial score (nSPS) is 19.0. The first-order valence-corrected chi connectivity index (χ1v) is 6.47. The van der Waals surface area contributed by atoms with E-state index in [0.29, 0.717) is 5.92 Å². The molecule has 0 saturated heterocycles. The molecular formula is C14H22N2O. The van der Waals surface area contributed by atoms with Gasteiger partial charge in [0.25, 0.3) is 0 Å². The van der Waals surface area contributed by atoms with Crippen molar-refractivity contribution >= 4 is 0 Å². The summed E-state index contributed by atoms with van der Waals surface area (Å²) in [5.74, 6) is 0.716. The minimum absolute atomic E-state index is 0.260. The molecule has 1 heterocycles. The van der Waals surface area contributed by atoms with Crippen LogP contribution >= 0.6 is 0 Å². The Morgan fingerprint density at radius 3 is 2.71 bits per heavy atom. The fraction of sp³-hybridized carbons (Fsp3) is 0.643. The molecular weight excluding hydrogens is 212 g/mol. The molecule has 94 valence electrons. The highest BCUT2D eigenvalue weighted by molar-refractivity contribution is 5.19. The topological polar surface area (TPSA) is 34.1 Å². The van der Waals surface area contributed by atoms with Crippen molar-refractivity contribution in [2.75, 3.05) is 13.7 Å². The van der Waals surface area contributed by atoms with E-state index in [-0.39, 0.29) is 12.1 Å². The van der Waals surface area contributed by atoms with Gasteiger partial charge < -0.3 is 10.1 Å². The smallest absolute Gasteiger partial charge is 0.0798 e. The van der Waals surface area contributed by atoms with Crippen molar-refractivity contribution in [1.29, 1.82) is 0 Å². The predicted octanol–water partition coefficient (Wildman–Crippen LogP) is 2.47. The molecule has 0 aromatic carbocycles. The maximum Gasteiger partial charge on any atom is 0.0798 e. The second-order valence-electron chi connectivity index (χ2n) is 4.76. The molecule has 0 aliphatic heterocycles. The van der Waals surface area contributed by atoms with Crippen molar-refractivity contribution in [1.82, 2.24) is 10.3 Å². The summed E-state index contributed by atoms with van der Waals surface area (Å²) in [5, 5.41) is 3.38. The molecule has 17 heavy (non-hydrogen) atoms. The van der Waals surface area contributed by atoms with E-state index < -0.39 is 0 Å². The van der Waals surface area contributed by atoms with Crippen LogP contribution < -0.4 is 5.32 Å². The molecule has 1 N–H and O–H groups in total. The lowest BCUT2D eigenvalue weighted by atomic mass is 9.99. The van der Waals surface area contributed by atoms with Gasteiger partial charge in [0.05, 0.1) is 12.1 Å². The molecule has 2 atom stereocenters. The van der Waals surface area contributed by atoms with E-state index in [9.17, 15) is 0 Å². The molecule has 3 heteroatoms. The van der Waals surface area contributed by atoms with E-state index in [2.05, 4.69) is 29.4 Å². The predicted molar refractivity (Wildman–Crippen MR) is 68.9 cm³/mol. The summed E-state index contributed by atoms with van der Waals surface area (Å²) in [4.78, 5) is 4.37. The molecule has 1 aromatic heterocycles. The molecule has 1 saturated carbocycles. The Balaban J connectivity index is 2.15. The maximum atomic E-state index is 5.91. The molecule has 0 amide bonds. The molecule has 0 spiro atoms. The zero-order valence-electron chi connectivity index (χ0n) is 10.9. The zero-order valence-corrected chi connectivity index (χ0v) is 10.9. The zero-order chi connectivity index (χ0) is 12.3. The molecule has 1 aromatic rings. The largest absolute Gasteiger partial charge is 0.376 e. The summed E-state index contributed by atoms with van der Waals surface area (Å²) in [6.07, 6.45) is 4.84. The summed E-state index contributed by atoms with van der Waals surface area (Å²) >= 11 is 0. The molecule has 2 rings (SSSR count). The molecule has 1 aliphatic rings. The van der Waals surface area contributed by atoms with Crippen LogP contribution in [-0.4, -0.2) is 24.7 Å². The van der Waals surface area contributed by atoms with Crippen molar-refractivity contribution in [3.63, 3.8) is 0 Å². The van der Waals surface area contributed by atoms with Crippen LogP contribution in [0.5, 0.6) is 0 Å². The van der Waals surface area contributed by atoms with E-state index in [1.165, 1.54) is 18.4 Å². The third kappa shape index (κ3) is 3.05. The number of nitrogens with one attached hydrogen (secondary N) is 1. The van der Waals surface area contributed by atoms with E-state index >= 15 is 0 Å². The number of nitrogens with zero attached hydrogens (tertiary/aromatic N) is 1. The number of aryl methyl sites for hydroxylation is 1. The van der Waals surface area contributed by atoms with Crippen molar-refractivity contribution in [3.05, 3.63) is 29.6 Å². The number of hydrogen-bond acceptors (Lipinski definition) is 3. The Hall–Kier alpha value is -0.930. The number of pyridine rings is 1. The second-order valence-corrected chi connectivity index (χ2v) is 4.76. The minimum Gasteiger partial charge on any atom is -0.376 e. The SMILES string of the molecule is CCOC(C1CC1)C(NC)c1ccc(C)nc1. The summed E-state index contributed by atoms with van der Waals surface area (Å²) in [7, 11) is 2.00. The number of hydrogen-bond donors (Lipinski definition) is 1. The average molecular weight is 234 g/mol. The summed E-state index contributed by atoms with van der Waals surface area (Å²) < 4.78 is 5.91. The van der Waals surface area contributed by atoms with Gasteiger partial charge in [0.15, 0.2) is 0 Å². The fourth-order valence-electron chi connectivity index (χ4n) is 2.31. The van der Waals surface area contributed by atoms with Crippen LogP contribution in [0.25, 0.3) is 0 Å². The number of aromatic nitrogens is 1. The van der Waals surface area contributed by atoms with Gasteiger partial charge in [0.1, 0.15) is 0 Å². The first kappa shape index (κ1) is 12.5. The Labute approximate surface area is 104 Å². The van der Waals surface area contributed by atoms with Crippen molar-refractivity contribution in [2.24, 2.45) is 5.92 Å². The third-order valence-electron chi connectivity index (χ3n) is 3.38. The maximum absolute atomic E-state index is 5.91. The lowest BCUT2D eigenvalue weighted by molar-refractivity contribution is 0.0204. The van der Waals surface area contributed by atoms with Crippen molar-refractivity contribution < 1.29 is 4.74 Å². The Bertz CT molecular complexity index is 346. The lowest BCUT2D eigenvalue weighted by Crippen LogP contribution is -2.33. The van der Waals surface area contributed by atoms with Gasteiger partial charge in [0.2, 0.25) is 0 Å². The van der Waals surface area contributed by atoms with Gasteiger partial charge in [-0.3, -0.25) is 4.98 Å². The van der Waals surface area contributed by atoms with Crippen molar-refractivity contribution in [3.8, 4) is 0 Å². The summed E-state index contributed by atoms with van der Waals surface area (Å²) in [6, 6.07) is 4.48. The molecule has 2 unspecified atom stereocenters. The van der Waals surface area contributed by atoms with Crippen LogP contribution in [0.3, 0.4) is 0 Å². The molecule has 0 radical (unpaired) electrons. The lowest BCUT2D eigenvalue weighted by Gasteiger charge is -2.27. The van der Waals surface area contributed by atoms with Gasteiger partial charge in [-0.25, -0.2) is 0 Å². The van der Waals surface area contributed by atoms with Gasteiger partial charge in [0, 0.05) is 18.5 Å².